The van der Waals surface area contributed by atoms with Gasteiger partial charge in [-0.1, -0.05) is 231 Å². The number of benzene rings is 13. The minimum absolute atomic E-state index is 0.418. The maximum Gasteiger partial charge on any atom is 0.0782 e. The van der Waals surface area contributed by atoms with Crippen LogP contribution in [0.5, 0.6) is 0 Å². The summed E-state index contributed by atoms with van der Waals surface area (Å²) in [5.74, 6) is 0. The van der Waals surface area contributed by atoms with Gasteiger partial charge in [0.05, 0.1) is 33.2 Å². The predicted molar refractivity (Wildman–Crippen MR) is 342 cm³/mol. The summed E-state index contributed by atoms with van der Waals surface area (Å²) in [7, 11) is 0. The second kappa shape index (κ2) is 18.2. The number of para-hydroxylation sites is 4. The number of aromatic nitrogens is 2. The Morgan fingerprint density at radius 1 is 0.256 bits per heavy atom. The summed E-state index contributed by atoms with van der Waals surface area (Å²) in [6, 6.07) is 115. The average molecular weight is 1040 g/mol. The summed E-state index contributed by atoms with van der Waals surface area (Å²) in [6.07, 6.45) is 0. The van der Waals surface area contributed by atoms with E-state index in [4.69, 9.17) is 0 Å². The number of hydrogen-bond acceptors (Lipinski definition) is 1. The van der Waals surface area contributed by atoms with E-state index in [0.29, 0.717) is 0 Å². The monoisotopic (exact) mass is 1040 g/mol. The molecule has 2 heterocycles. The van der Waals surface area contributed by atoms with Crippen molar-refractivity contribution in [2.24, 2.45) is 0 Å². The molecule has 3 heteroatoms. The van der Waals surface area contributed by atoms with Crippen molar-refractivity contribution in [1.82, 2.24) is 9.13 Å². The lowest BCUT2D eigenvalue weighted by Crippen LogP contribution is -2.25. The lowest BCUT2D eigenvalue weighted by molar-refractivity contribution is 0.794. The highest BCUT2D eigenvalue weighted by Gasteiger charge is 2.52. The van der Waals surface area contributed by atoms with E-state index in [2.05, 4.69) is 323 Å². The van der Waals surface area contributed by atoms with E-state index in [-0.39, 0.29) is 0 Å². The third-order valence-electron chi connectivity index (χ3n) is 17.7. The molecular weight excluding hydrogens is 991 g/mol. The molecule has 0 fully saturated rings. The Labute approximate surface area is 476 Å². The first-order valence-corrected chi connectivity index (χ1v) is 28.4. The third kappa shape index (κ3) is 6.71. The molecule has 0 saturated heterocycles. The number of hydrogen-bond donors (Lipinski definition) is 0. The Hall–Kier alpha value is -10.7. The Morgan fingerprint density at radius 2 is 0.732 bits per heavy atom. The summed E-state index contributed by atoms with van der Waals surface area (Å²) in [4.78, 5) is 2.49. The topological polar surface area (TPSA) is 13.1 Å². The fourth-order valence-corrected chi connectivity index (χ4v) is 14.3. The van der Waals surface area contributed by atoms with E-state index in [1.54, 1.807) is 0 Å². The molecule has 0 radical (unpaired) electrons. The minimum atomic E-state index is -0.418. The van der Waals surface area contributed by atoms with Crippen LogP contribution in [0.1, 0.15) is 22.3 Å². The Balaban J connectivity index is 0.882. The molecule has 17 rings (SSSR count). The van der Waals surface area contributed by atoms with Crippen LogP contribution in [0.3, 0.4) is 0 Å². The van der Waals surface area contributed by atoms with Crippen LogP contribution in [0.4, 0.5) is 17.1 Å². The molecule has 0 aliphatic heterocycles. The van der Waals surface area contributed by atoms with Crippen LogP contribution in [0, 0.1) is 0 Å². The number of rotatable bonds is 8. The molecule has 0 unspecified atom stereocenters. The molecule has 0 amide bonds. The number of anilines is 3. The molecule has 15 aromatic rings. The molecule has 13 aromatic carbocycles. The summed E-state index contributed by atoms with van der Waals surface area (Å²) in [5, 5.41) is 4.79. The summed E-state index contributed by atoms with van der Waals surface area (Å²) < 4.78 is 4.92. The molecule has 3 nitrogen and oxygen atoms in total. The van der Waals surface area contributed by atoms with Gasteiger partial charge in [0.1, 0.15) is 0 Å². The Morgan fingerprint density at radius 3 is 1.39 bits per heavy atom. The second-order valence-corrected chi connectivity index (χ2v) is 21.9. The Bertz CT molecular complexity index is 4920. The molecule has 2 aliphatic carbocycles. The minimum Gasteiger partial charge on any atom is -0.309 e. The van der Waals surface area contributed by atoms with Gasteiger partial charge in [0.15, 0.2) is 0 Å². The lowest BCUT2D eigenvalue weighted by Gasteiger charge is -2.30. The highest BCUT2D eigenvalue weighted by atomic mass is 15.2. The average Bonchev–Trinajstić information content (AvgIpc) is 2.87. The second-order valence-electron chi connectivity index (χ2n) is 21.9. The van der Waals surface area contributed by atoms with Gasteiger partial charge in [-0.25, -0.2) is 0 Å². The normalized spacial score (nSPS) is 12.7. The van der Waals surface area contributed by atoms with Crippen LogP contribution in [-0.4, -0.2) is 9.13 Å². The highest BCUT2D eigenvalue weighted by Crippen LogP contribution is 2.64. The first-order valence-electron chi connectivity index (χ1n) is 28.4. The fourth-order valence-electron chi connectivity index (χ4n) is 14.3. The summed E-state index contributed by atoms with van der Waals surface area (Å²) in [5.41, 5.74) is 27.4. The van der Waals surface area contributed by atoms with Crippen molar-refractivity contribution in [1.29, 1.82) is 0 Å². The van der Waals surface area contributed by atoms with E-state index in [9.17, 15) is 0 Å². The maximum absolute atomic E-state index is 2.49. The lowest BCUT2D eigenvalue weighted by atomic mass is 9.70. The van der Waals surface area contributed by atoms with Crippen LogP contribution in [0.15, 0.2) is 309 Å². The van der Waals surface area contributed by atoms with Crippen molar-refractivity contribution in [3.05, 3.63) is 332 Å². The van der Waals surface area contributed by atoms with Crippen LogP contribution < -0.4 is 4.90 Å². The molecule has 0 saturated carbocycles. The molecule has 1 spiro atoms. The van der Waals surface area contributed by atoms with Crippen LogP contribution in [-0.2, 0) is 5.41 Å². The van der Waals surface area contributed by atoms with Crippen molar-refractivity contribution in [3.8, 4) is 67.0 Å². The van der Waals surface area contributed by atoms with Gasteiger partial charge in [-0.3, -0.25) is 0 Å². The summed E-state index contributed by atoms with van der Waals surface area (Å²) >= 11 is 0. The first kappa shape index (κ1) is 46.2. The van der Waals surface area contributed by atoms with Gasteiger partial charge < -0.3 is 14.0 Å². The van der Waals surface area contributed by atoms with E-state index in [0.717, 1.165) is 45.0 Å². The molecule has 0 N–H and O–H groups in total. The molecule has 82 heavy (non-hydrogen) atoms. The van der Waals surface area contributed by atoms with Gasteiger partial charge in [0.2, 0.25) is 0 Å². The van der Waals surface area contributed by atoms with Gasteiger partial charge in [-0.2, -0.15) is 0 Å². The van der Waals surface area contributed by atoms with Gasteiger partial charge in [-0.05, 0) is 157 Å². The molecule has 0 bridgehead atoms. The van der Waals surface area contributed by atoms with E-state index in [1.807, 2.05) is 0 Å². The van der Waals surface area contributed by atoms with E-state index in [1.165, 1.54) is 105 Å². The van der Waals surface area contributed by atoms with Gasteiger partial charge in [0, 0.05) is 44.3 Å². The number of fused-ring (bicyclic) bond motifs is 16. The highest BCUT2D eigenvalue weighted by molar-refractivity contribution is 6.16. The maximum atomic E-state index is 2.49. The smallest absolute Gasteiger partial charge is 0.0782 e. The zero-order valence-corrected chi connectivity index (χ0v) is 44.8. The quantitative estimate of drug-likeness (QED) is 0.148. The van der Waals surface area contributed by atoms with E-state index < -0.39 is 5.41 Å². The molecule has 2 aromatic heterocycles. The van der Waals surface area contributed by atoms with Crippen molar-refractivity contribution in [2.75, 3.05) is 4.90 Å². The van der Waals surface area contributed by atoms with Crippen molar-refractivity contribution >= 4 is 60.7 Å². The molecule has 2 aliphatic rings. The van der Waals surface area contributed by atoms with Crippen LogP contribution >= 0.6 is 0 Å². The van der Waals surface area contributed by atoms with Crippen molar-refractivity contribution in [3.63, 3.8) is 0 Å². The zero-order chi connectivity index (χ0) is 53.9. The fraction of sp³-hybridized carbons (Fsp3) is 0.0127. The van der Waals surface area contributed by atoms with Crippen LogP contribution in [0.25, 0.3) is 111 Å². The third-order valence-corrected chi connectivity index (χ3v) is 17.7. The van der Waals surface area contributed by atoms with Gasteiger partial charge in [-0.15, -0.1) is 0 Å². The zero-order valence-electron chi connectivity index (χ0n) is 44.8. The van der Waals surface area contributed by atoms with Crippen LogP contribution in [0.2, 0.25) is 0 Å². The van der Waals surface area contributed by atoms with Crippen molar-refractivity contribution in [2.45, 2.75) is 5.41 Å². The molecular formula is C79H51N3. The standard InChI is InChI=1S/C79H51N3/c1-4-22-52(23-5-1)55-48-56(53-24-6-2-7-25-53)50-60(49-55)81-73-39-18-14-31-65(73)68-51-59(46-47-75(68)81)80(76-41-21-34-66-64-30-13-19-40-74(64)82(78(66)76)57-26-8-3-9-27-57)58-44-42-54(43-45-58)61-33-20-38-72-77(61)67-32-12-17-37-71(67)79(72)69-35-15-10-28-62(69)63-29-11-16-36-70(63)79/h1-51H. The van der Waals surface area contributed by atoms with Gasteiger partial charge >= 0.3 is 0 Å². The Kier molecular flexibility index (Phi) is 10.2. The predicted octanol–water partition coefficient (Wildman–Crippen LogP) is 20.7. The summed E-state index contributed by atoms with van der Waals surface area (Å²) in [6.45, 7) is 0. The molecule has 382 valence electrons. The van der Waals surface area contributed by atoms with E-state index >= 15 is 0 Å². The molecule has 0 atom stereocenters. The van der Waals surface area contributed by atoms with Crippen molar-refractivity contribution < 1.29 is 0 Å². The SMILES string of the molecule is c1ccc(-c2cc(-c3ccccc3)cc(-n3c4ccccc4c4cc(N(c5ccc(-c6cccc7c6-c6ccccc6C76c7ccccc7-c7ccccc76)cc5)c5cccc6c7ccccc7n(-c7ccccc7)c56)ccc43)c2)cc1. The van der Waals surface area contributed by atoms with Gasteiger partial charge in [0.25, 0.3) is 0 Å². The first-order chi connectivity index (χ1) is 40.7. The largest absolute Gasteiger partial charge is 0.309 e. The number of nitrogens with zero attached hydrogens (tertiary/aromatic N) is 3.